The van der Waals surface area contributed by atoms with Crippen LogP contribution in [-0.2, 0) is 22.4 Å². The molecule has 0 saturated heterocycles. The molecule has 0 saturated carbocycles. The first-order valence-corrected chi connectivity index (χ1v) is 9.27. The van der Waals surface area contributed by atoms with Crippen molar-refractivity contribution in [2.45, 2.75) is 46.1 Å². The minimum absolute atomic E-state index is 0.235. The minimum atomic E-state index is -0.693. The van der Waals surface area contributed by atoms with E-state index in [1.54, 1.807) is 44.2 Å². The molecule has 0 atom stereocenters. The number of thiazole rings is 1. The highest BCUT2D eigenvalue weighted by molar-refractivity contribution is 7.09. The number of aromatic nitrogens is 1. The number of carbonyl (C=O) groups is 2. The fourth-order valence-electron chi connectivity index (χ4n) is 2.18. The Morgan fingerprint density at radius 3 is 2.42 bits per heavy atom. The molecule has 7 heteroatoms. The lowest BCUT2D eigenvalue weighted by molar-refractivity contribution is -0.153. The van der Waals surface area contributed by atoms with E-state index in [0.29, 0.717) is 5.75 Å². The number of hydrogen-bond acceptors (Lipinski definition) is 6. The van der Waals surface area contributed by atoms with Gasteiger partial charge in [0.15, 0.2) is 0 Å². The Bertz CT molecular complexity index is 748. The zero-order valence-electron chi connectivity index (χ0n) is 15.5. The van der Waals surface area contributed by atoms with Gasteiger partial charge in [-0.2, -0.15) is 0 Å². The van der Waals surface area contributed by atoms with E-state index in [2.05, 4.69) is 15.7 Å². The van der Waals surface area contributed by atoms with Crippen LogP contribution in [0.5, 0.6) is 5.75 Å². The minimum Gasteiger partial charge on any atom is -0.459 e. The van der Waals surface area contributed by atoms with E-state index in [0.717, 1.165) is 29.1 Å². The lowest BCUT2D eigenvalue weighted by Crippen LogP contribution is -2.36. The smallest absolute Gasteiger partial charge is 0.413 e. The van der Waals surface area contributed by atoms with Crippen LogP contribution in [-0.4, -0.2) is 29.2 Å². The summed E-state index contributed by atoms with van der Waals surface area (Å²) in [4.78, 5) is 27.7. The third-order valence-corrected chi connectivity index (χ3v) is 4.09. The van der Waals surface area contributed by atoms with E-state index in [1.165, 1.54) is 0 Å². The molecule has 1 aromatic heterocycles. The summed E-state index contributed by atoms with van der Waals surface area (Å²) in [6.07, 6.45) is 1.05. The second kappa shape index (κ2) is 8.80. The van der Waals surface area contributed by atoms with Crippen molar-refractivity contribution in [3.8, 4) is 5.75 Å². The molecule has 0 aliphatic carbocycles. The molecular formula is C19H24N2O4S. The third kappa shape index (κ3) is 7.23. The van der Waals surface area contributed by atoms with Crippen LogP contribution < -0.4 is 10.1 Å². The molecule has 1 amide bonds. The van der Waals surface area contributed by atoms with Crippen LogP contribution in [0, 0.1) is 6.92 Å². The van der Waals surface area contributed by atoms with Crippen LogP contribution in [0.2, 0.25) is 0 Å². The maximum absolute atomic E-state index is 11.7. The SMILES string of the molecule is Cc1nc(CCc2ccc(OC(=O)NCC(=O)OC(C)(C)C)cc2)cs1. The number of esters is 1. The van der Waals surface area contributed by atoms with E-state index in [-0.39, 0.29) is 6.54 Å². The summed E-state index contributed by atoms with van der Waals surface area (Å²) >= 11 is 1.65. The molecule has 2 rings (SSSR count). The molecule has 1 N–H and O–H groups in total. The molecule has 0 fully saturated rings. The van der Waals surface area contributed by atoms with Gasteiger partial charge in [-0.05, 0) is 58.2 Å². The monoisotopic (exact) mass is 376 g/mol. The summed E-state index contributed by atoms with van der Waals surface area (Å²) in [5, 5.41) is 5.52. The van der Waals surface area contributed by atoms with Gasteiger partial charge in [0.25, 0.3) is 0 Å². The zero-order chi connectivity index (χ0) is 19.2. The Morgan fingerprint density at radius 2 is 1.85 bits per heavy atom. The normalized spacial score (nSPS) is 11.1. The maximum Gasteiger partial charge on any atom is 0.413 e. The number of hydrogen-bond donors (Lipinski definition) is 1. The fraction of sp³-hybridized carbons (Fsp3) is 0.421. The number of benzene rings is 1. The number of nitrogens with one attached hydrogen (secondary N) is 1. The van der Waals surface area contributed by atoms with E-state index < -0.39 is 17.7 Å². The lowest BCUT2D eigenvalue weighted by atomic mass is 10.1. The first-order chi connectivity index (χ1) is 12.2. The Balaban J connectivity index is 1.75. The Kier molecular flexibility index (Phi) is 6.74. The van der Waals surface area contributed by atoms with Crippen molar-refractivity contribution in [2.24, 2.45) is 0 Å². The van der Waals surface area contributed by atoms with Gasteiger partial charge in [0, 0.05) is 5.38 Å². The highest BCUT2D eigenvalue weighted by Gasteiger charge is 2.17. The number of nitrogens with zero attached hydrogens (tertiary/aromatic N) is 1. The summed E-state index contributed by atoms with van der Waals surface area (Å²) < 4.78 is 10.3. The highest BCUT2D eigenvalue weighted by Crippen LogP contribution is 2.15. The van der Waals surface area contributed by atoms with Crippen molar-refractivity contribution in [3.05, 3.63) is 45.9 Å². The summed E-state index contributed by atoms with van der Waals surface area (Å²) in [6, 6.07) is 7.29. The maximum atomic E-state index is 11.7. The lowest BCUT2D eigenvalue weighted by Gasteiger charge is -2.19. The summed E-state index contributed by atoms with van der Waals surface area (Å²) in [7, 11) is 0. The van der Waals surface area contributed by atoms with Gasteiger partial charge in [0.1, 0.15) is 17.9 Å². The van der Waals surface area contributed by atoms with Gasteiger partial charge in [0.2, 0.25) is 0 Å². The number of aryl methyl sites for hydroxylation is 3. The number of rotatable bonds is 6. The van der Waals surface area contributed by atoms with Gasteiger partial charge < -0.3 is 14.8 Å². The Labute approximate surface area is 157 Å². The Morgan fingerprint density at radius 1 is 1.15 bits per heavy atom. The van der Waals surface area contributed by atoms with Crippen molar-refractivity contribution < 1.29 is 19.1 Å². The standard InChI is InChI=1S/C19H24N2O4S/c1-13-21-15(12-26-13)8-5-14-6-9-16(10-7-14)24-18(23)20-11-17(22)25-19(2,3)4/h6-7,9-10,12H,5,8,11H2,1-4H3,(H,20,23). The van der Waals surface area contributed by atoms with E-state index in [1.807, 2.05) is 19.1 Å². The van der Waals surface area contributed by atoms with Crippen LogP contribution in [0.1, 0.15) is 37.0 Å². The molecule has 1 aromatic carbocycles. The van der Waals surface area contributed by atoms with Crippen LogP contribution in [0.3, 0.4) is 0 Å². The quantitative estimate of drug-likeness (QED) is 0.779. The van der Waals surface area contributed by atoms with Crippen molar-refractivity contribution in [1.29, 1.82) is 0 Å². The zero-order valence-corrected chi connectivity index (χ0v) is 16.3. The third-order valence-electron chi connectivity index (χ3n) is 3.27. The molecule has 0 radical (unpaired) electrons. The van der Waals surface area contributed by atoms with Crippen LogP contribution in [0.25, 0.3) is 0 Å². The summed E-state index contributed by atoms with van der Waals surface area (Å²) in [5.74, 6) is -0.0954. The van der Waals surface area contributed by atoms with Gasteiger partial charge in [-0.1, -0.05) is 12.1 Å². The van der Waals surface area contributed by atoms with Gasteiger partial charge in [-0.3, -0.25) is 4.79 Å². The largest absolute Gasteiger partial charge is 0.459 e. The highest BCUT2D eigenvalue weighted by atomic mass is 32.1. The van der Waals surface area contributed by atoms with Crippen molar-refractivity contribution in [1.82, 2.24) is 10.3 Å². The number of ether oxygens (including phenoxy) is 2. The molecule has 2 aromatic rings. The molecule has 26 heavy (non-hydrogen) atoms. The molecule has 6 nitrogen and oxygen atoms in total. The molecule has 140 valence electrons. The first-order valence-electron chi connectivity index (χ1n) is 8.39. The van der Waals surface area contributed by atoms with Crippen LogP contribution >= 0.6 is 11.3 Å². The number of carbonyl (C=O) groups excluding carboxylic acids is 2. The molecule has 1 heterocycles. The average Bonchev–Trinajstić information content (AvgIpc) is 2.96. The fourth-order valence-corrected chi connectivity index (χ4v) is 2.83. The summed E-state index contributed by atoms with van der Waals surface area (Å²) in [5.41, 5.74) is 1.64. The molecular weight excluding hydrogens is 352 g/mol. The average molecular weight is 376 g/mol. The second-order valence-corrected chi connectivity index (χ2v) is 7.89. The van der Waals surface area contributed by atoms with Crippen molar-refractivity contribution >= 4 is 23.4 Å². The van der Waals surface area contributed by atoms with Gasteiger partial charge >= 0.3 is 12.1 Å². The van der Waals surface area contributed by atoms with Crippen LogP contribution in [0.15, 0.2) is 29.6 Å². The first kappa shape index (κ1) is 19.9. The van der Waals surface area contributed by atoms with Gasteiger partial charge in [-0.25, -0.2) is 9.78 Å². The van der Waals surface area contributed by atoms with E-state index in [4.69, 9.17) is 9.47 Å². The second-order valence-electron chi connectivity index (χ2n) is 6.83. The van der Waals surface area contributed by atoms with Crippen molar-refractivity contribution in [3.63, 3.8) is 0 Å². The summed E-state index contributed by atoms with van der Waals surface area (Å²) in [6.45, 7) is 7.05. The topological polar surface area (TPSA) is 77.5 Å². The predicted octanol–water partition coefficient (Wildman–Crippen LogP) is 3.67. The van der Waals surface area contributed by atoms with Crippen molar-refractivity contribution in [2.75, 3.05) is 6.54 Å². The molecule has 0 aliphatic heterocycles. The molecule has 0 spiro atoms. The van der Waals surface area contributed by atoms with Gasteiger partial charge in [-0.15, -0.1) is 11.3 Å². The Hall–Kier alpha value is -2.41. The van der Waals surface area contributed by atoms with E-state index >= 15 is 0 Å². The van der Waals surface area contributed by atoms with E-state index in [9.17, 15) is 9.59 Å². The predicted molar refractivity (Wildman–Crippen MR) is 101 cm³/mol. The molecule has 0 aliphatic rings. The van der Waals surface area contributed by atoms with Gasteiger partial charge in [0.05, 0.1) is 10.7 Å². The molecule has 0 bridgehead atoms. The van der Waals surface area contributed by atoms with Crippen LogP contribution in [0.4, 0.5) is 4.79 Å². The number of amides is 1. The molecule has 0 unspecified atom stereocenters.